The third kappa shape index (κ3) is 3.55. The van der Waals surface area contributed by atoms with Crippen LogP contribution in [0.2, 0.25) is 0 Å². The molecule has 0 atom stereocenters. The van der Waals surface area contributed by atoms with Crippen molar-refractivity contribution in [1.29, 1.82) is 0 Å². The third-order valence-electron chi connectivity index (χ3n) is 5.50. The van der Waals surface area contributed by atoms with Gasteiger partial charge in [-0.1, -0.05) is 36.4 Å². The van der Waals surface area contributed by atoms with Gasteiger partial charge in [-0.15, -0.1) is 0 Å². The van der Waals surface area contributed by atoms with Crippen molar-refractivity contribution in [3.63, 3.8) is 0 Å². The number of nitrogens with one attached hydrogen (secondary N) is 1. The molecule has 1 heterocycles. The summed E-state index contributed by atoms with van der Waals surface area (Å²) in [5, 5.41) is 4.12. The van der Waals surface area contributed by atoms with Crippen molar-refractivity contribution in [2.75, 3.05) is 38.6 Å². The predicted molar refractivity (Wildman–Crippen MR) is 110 cm³/mol. The van der Waals surface area contributed by atoms with Crippen LogP contribution in [-0.4, -0.2) is 54.2 Å². The molecule has 0 aromatic heterocycles. The summed E-state index contributed by atoms with van der Waals surface area (Å²) in [5.41, 5.74) is 3.97. The van der Waals surface area contributed by atoms with E-state index in [1.54, 1.807) is 7.11 Å². The molecular weight excluding hydrogens is 342 g/mol. The van der Waals surface area contributed by atoms with E-state index in [0.29, 0.717) is 6.04 Å². The fourth-order valence-corrected chi connectivity index (χ4v) is 4.32. The summed E-state index contributed by atoms with van der Waals surface area (Å²) in [6.45, 7) is 4.06. The van der Waals surface area contributed by atoms with Gasteiger partial charge in [0.2, 0.25) is 0 Å². The summed E-state index contributed by atoms with van der Waals surface area (Å²) in [5.74, 6) is 0.817. The smallest absolute Gasteiger partial charge is 0.173 e. The Hall–Kier alpha value is -2.11. The molecule has 26 heavy (non-hydrogen) atoms. The maximum Gasteiger partial charge on any atom is 0.173 e. The first-order chi connectivity index (χ1) is 12.7. The molecule has 2 aromatic rings. The number of benzene rings is 2. The van der Waals surface area contributed by atoms with Crippen LogP contribution in [0.3, 0.4) is 0 Å². The zero-order chi connectivity index (χ0) is 17.9. The van der Waals surface area contributed by atoms with E-state index in [2.05, 4.69) is 39.4 Å². The van der Waals surface area contributed by atoms with Gasteiger partial charge in [0.1, 0.15) is 5.75 Å². The van der Waals surface area contributed by atoms with Crippen molar-refractivity contribution in [3.05, 3.63) is 59.7 Å². The van der Waals surface area contributed by atoms with Gasteiger partial charge in [-0.05, 0) is 48.3 Å². The summed E-state index contributed by atoms with van der Waals surface area (Å²) < 4.78 is 5.40. The van der Waals surface area contributed by atoms with Crippen molar-refractivity contribution >= 4 is 23.0 Å². The Balaban J connectivity index is 1.32. The van der Waals surface area contributed by atoms with E-state index < -0.39 is 0 Å². The molecule has 0 amide bonds. The van der Waals surface area contributed by atoms with Crippen LogP contribution in [0.4, 0.5) is 5.69 Å². The molecule has 2 aliphatic rings. The van der Waals surface area contributed by atoms with Crippen molar-refractivity contribution in [2.45, 2.75) is 18.9 Å². The van der Waals surface area contributed by atoms with Crippen LogP contribution in [0.25, 0.3) is 0 Å². The minimum Gasteiger partial charge on any atom is -0.495 e. The average Bonchev–Trinajstić information content (AvgIpc) is 3.13. The van der Waals surface area contributed by atoms with E-state index in [4.69, 9.17) is 17.0 Å². The Labute approximate surface area is 160 Å². The molecule has 2 aromatic carbocycles. The summed E-state index contributed by atoms with van der Waals surface area (Å²) in [6, 6.07) is 17.4. The quantitative estimate of drug-likeness (QED) is 0.841. The Morgan fingerprint density at radius 3 is 2.23 bits per heavy atom. The zero-order valence-electron chi connectivity index (χ0n) is 15.1. The number of fused-ring (bicyclic) bond motifs is 1. The van der Waals surface area contributed by atoms with Crippen LogP contribution in [0.1, 0.15) is 11.1 Å². The first-order valence-electron chi connectivity index (χ1n) is 9.24. The van der Waals surface area contributed by atoms with E-state index in [9.17, 15) is 0 Å². The highest BCUT2D eigenvalue weighted by molar-refractivity contribution is 7.80. The monoisotopic (exact) mass is 367 g/mol. The summed E-state index contributed by atoms with van der Waals surface area (Å²) >= 11 is 5.63. The zero-order valence-corrected chi connectivity index (χ0v) is 16.0. The van der Waals surface area contributed by atoms with Gasteiger partial charge in [0.05, 0.1) is 12.8 Å². The molecule has 5 heteroatoms. The SMILES string of the molecule is COc1ccccc1NC(=S)N1CCN(C2Cc3ccccc3C2)CC1. The van der Waals surface area contributed by atoms with Gasteiger partial charge in [-0.25, -0.2) is 0 Å². The maximum absolute atomic E-state index is 5.63. The van der Waals surface area contributed by atoms with E-state index in [1.807, 2.05) is 24.3 Å². The second kappa shape index (κ2) is 7.64. The predicted octanol–water partition coefficient (Wildman–Crippen LogP) is 3.18. The van der Waals surface area contributed by atoms with Crippen LogP contribution in [0, 0.1) is 0 Å². The Morgan fingerprint density at radius 2 is 1.58 bits per heavy atom. The number of hydrogen-bond acceptors (Lipinski definition) is 3. The van der Waals surface area contributed by atoms with Gasteiger partial charge < -0.3 is 15.0 Å². The van der Waals surface area contributed by atoms with Gasteiger partial charge >= 0.3 is 0 Å². The standard InChI is InChI=1S/C21H25N3OS/c1-25-20-9-5-4-8-19(20)22-21(26)24-12-10-23(11-13-24)18-14-16-6-2-3-7-17(16)15-18/h2-9,18H,10-15H2,1H3,(H,22,26). The lowest BCUT2D eigenvalue weighted by molar-refractivity contribution is 0.137. The molecule has 1 N–H and O–H groups in total. The van der Waals surface area contributed by atoms with Gasteiger partial charge in [0.15, 0.2) is 5.11 Å². The van der Waals surface area contributed by atoms with Crippen molar-refractivity contribution in [2.24, 2.45) is 0 Å². The van der Waals surface area contributed by atoms with Crippen LogP contribution in [-0.2, 0) is 12.8 Å². The minimum atomic E-state index is 0.644. The lowest BCUT2D eigenvalue weighted by atomic mass is 10.1. The molecule has 1 fully saturated rings. The second-order valence-electron chi connectivity index (χ2n) is 6.98. The number of piperazine rings is 1. The number of methoxy groups -OCH3 is 1. The van der Waals surface area contributed by atoms with Gasteiger partial charge in [-0.2, -0.15) is 0 Å². The lowest BCUT2D eigenvalue weighted by Gasteiger charge is -2.39. The fourth-order valence-electron chi connectivity index (χ4n) is 4.03. The van der Waals surface area contributed by atoms with E-state index in [1.165, 1.54) is 24.0 Å². The van der Waals surface area contributed by atoms with Gasteiger partial charge in [-0.3, -0.25) is 4.90 Å². The van der Waals surface area contributed by atoms with Crippen LogP contribution < -0.4 is 10.1 Å². The van der Waals surface area contributed by atoms with E-state index in [-0.39, 0.29) is 0 Å². The molecule has 0 spiro atoms. The summed E-state index contributed by atoms with van der Waals surface area (Å²) in [7, 11) is 1.68. The normalized spacial score (nSPS) is 17.8. The average molecular weight is 368 g/mol. The fraction of sp³-hybridized carbons (Fsp3) is 0.381. The molecule has 0 bridgehead atoms. The Bertz CT molecular complexity index is 761. The van der Waals surface area contributed by atoms with Gasteiger partial charge in [0.25, 0.3) is 0 Å². The van der Waals surface area contributed by atoms with Crippen molar-refractivity contribution in [3.8, 4) is 5.75 Å². The van der Waals surface area contributed by atoms with Crippen molar-refractivity contribution < 1.29 is 4.74 Å². The Morgan fingerprint density at radius 1 is 0.962 bits per heavy atom. The van der Waals surface area contributed by atoms with E-state index in [0.717, 1.165) is 42.7 Å². The number of anilines is 1. The Kier molecular flexibility index (Phi) is 5.09. The van der Waals surface area contributed by atoms with E-state index >= 15 is 0 Å². The van der Waals surface area contributed by atoms with Crippen molar-refractivity contribution in [1.82, 2.24) is 9.80 Å². The molecule has 0 saturated carbocycles. The molecule has 0 radical (unpaired) electrons. The number of ether oxygens (including phenoxy) is 1. The topological polar surface area (TPSA) is 27.7 Å². The highest BCUT2D eigenvalue weighted by Crippen LogP contribution is 2.27. The summed E-state index contributed by atoms with van der Waals surface area (Å²) in [6.07, 6.45) is 2.36. The largest absolute Gasteiger partial charge is 0.495 e. The molecule has 1 aliphatic carbocycles. The summed E-state index contributed by atoms with van der Waals surface area (Å²) in [4.78, 5) is 4.89. The minimum absolute atomic E-state index is 0.644. The molecule has 4 rings (SSSR count). The number of para-hydroxylation sites is 2. The van der Waals surface area contributed by atoms with Crippen LogP contribution >= 0.6 is 12.2 Å². The first kappa shape index (κ1) is 17.3. The maximum atomic E-state index is 5.63. The van der Waals surface area contributed by atoms with Gasteiger partial charge in [0, 0.05) is 32.2 Å². The number of rotatable bonds is 3. The highest BCUT2D eigenvalue weighted by atomic mass is 32.1. The van der Waals surface area contributed by atoms with Crippen LogP contribution in [0.15, 0.2) is 48.5 Å². The molecule has 1 aliphatic heterocycles. The molecule has 4 nitrogen and oxygen atoms in total. The molecular formula is C21H25N3OS. The number of thiocarbonyl (C=S) groups is 1. The highest BCUT2D eigenvalue weighted by Gasteiger charge is 2.29. The lowest BCUT2D eigenvalue weighted by Crippen LogP contribution is -2.53. The second-order valence-corrected chi connectivity index (χ2v) is 7.37. The number of nitrogens with zero attached hydrogens (tertiary/aromatic N) is 2. The first-order valence-corrected chi connectivity index (χ1v) is 9.65. The molecule has 1 saturated heterocycles. The van der Waals surface area contributed by atoms with Crippen LogP contribution in [0.5, 0.6) is 5.75 Å². The number of hydrogen-bond donors (Lipinski definition) is 1. The molecule has 136 valence electrons. The molecule has 0 unspecified atom stereocenters. The third-order valence-corrected chi connectivity index (χ3v) is 5.86.